The van der Waals surface area contributed by atoms with Crippen LogP contribution in [0.15, 0.2) is 24.3 Å². The second kappa shape index (κ2) is 8.23. The van der Waals surface area contributed by atoms with Gasteiger partial charge in [0.2, 0.25) is 0 Å². The molecule has 0 aliphatic heterocycles. The number of nitrogens with two attached hydrogens (primary N) is 1. The maximum atomic E-state index is 11.7. The Bertz CT molecular complexity index is 925. The number of nitrogens with one attached hydrogen (secondary N) is 1. The summed E-state index contributed by atoms with van der Waals surface area (Å²) in [5.74, 6) is 1.30. The number of carbonyl (C=O) groups is 1. The van der Waals surface area contributed by atoms with E-state index in [-0.39, 0.29) is 5.88 Å². The highest BCUT2D eigenvalue weighted by Gasteiger charge is 2.16. The van der Waals surface area contributed by atoms with Gasteiger partial charge in [0.1, 0.15) is 11.3 Å². The molecule has 0 atom stereocenters. The number of carbonyl (C=O) groups excluding carboxylic acids is 1. The first-order valence-corrected chi connectivity index (χ1v) is 9.19. The van der Waals surface area contributed by atoms with Crippen LogP contribution in [0, 0.1) is 0 Å². The zero-order valence-corrected chi connectivity index (χ0v) is 15.4. The van der Waals surface area contributed by atoms with Crippen molar-refractivity contribution in [3.8, 4) is 0 Å². The second-order valence-corrected chi connectivity index (χ2v) is 6.21. The van der Waals surface area contributed by atoms with Gasteiger partial charge in [0.25, 0.3) is 0 Å². The summed E-state index contributed by atoms with van der Waals surface area (Å²) >= 11 is 6.08. The summed E-state index contributed by atoms with van der Waals surface area (Å²) in [5, 5.41) is 3.71. The van der Waals surface area contributed by atoms with Gasteiger partial charge in [0, 0.05) is 18.5 Å². The van der Waals surface area contributed by atoms with Gasteiger partial charge < -0.3 is 20.4 Å². The Morgan fingerprint density at radius 1 is 1.35 bits per heavy atom. The van der Waals surface area contributed by atoms with Gasteiger partial charge in [-0.05, 0) is 12.5 Å². The van der Waals surface area contributed by atoms with Crippen molar-refractivity contribution in [3.63, 3.8) is 0 Å². The SMILES string of the molecule is CCCCOC(=O)NCCn1c(CCl)nc2c(N)nc3ccccc3c21. The highest BCUT2D eigenvalue weighted by atomic mass is 35.5. The summed E-state index contributed by atoms with van der Waals surface area (Å²) in [7, 11) is 0. The van der Waals surface area contributed by atoms with Crippen LogP contribution in [0.25, 0.3) is 21.9 Å². The molecular formula is C18H22ClN5O2. The molecule has 0 bridgehead atoms. The molecule has 7 nitrogen and oxygen atoms in total. The molecule has 26 heavy (non-hydrogen) atoms. The van der Waals surface area contributed by atoms with Crippen LogP contribution in [0.1, 0.15) is 25.6 Å². The molecule has 0 fully saturated rings. The normalized spacial score (nSPS) is 11.2. The molecule has 8 heteroatoms. The number of rotatable bonds is 7. The van der Waals surface area contributed by atoms with Crippen molar-refractivity contribution in [3.05, 3.63) is 30.1 Å². The number of para-hydroxylation sites is 1. The third-order valence-electron chi connectivity index (χ3n) is 4.14. The number of anilines is 1. The number of fused-ring (bicyclic) bond motifs is 3. The van der Waals surface area contributed by atoms with E-state index in [1.165, 1.54) is 0 Å². The van der Waals surface area contributed by atoms with Crippen LogP contribution in [0.4, 0.5) is 10.6 Å². The minimum atomic E-state index is -0.415. The number of halogens is 1. The van der Waals surface area contributed by atoms with Gasteiger partial charge in [-0.15, -0.1) is 11.6 Å². The van der Waals surface area contributed by atoms with Crippen LogP contribution in [-0.2, 0) is 17.2 Å². The monoisotopic (exact) mass is 375 g/mol. The summed E-state index contributed by atoms with van der Waals surface area (Å²) in [5.41, 5.74) is 8.39. The highest BCUT2D eigenvalue weighted by Crippen LogP contribution is 2.29. The number of aromatic nitrogens is 3. The number of alkyl halides is 1. The Balaban J connectivity index is 1.86. The van der Waals surface area contributed by atoms with Gasteiger partial charge in [-0.3, -0.25) is 0 Å². The fraction of sp³-hybridized carbons (Fsp3) is 0.389. The molecule has 0 radical (unpaired) electrons. The van der Waals surface area contributed by atoms with Crippen LogP contribution in [0.3, 0.4) is 0 Å². The Labute approximate surface area is 156 Å². The maximum Gasteiger partial charge on any atom is 0.407 e. The lowest BCUT2D eigenvalue weighted by atomic mass is 10.2. The number of nitrogen functional groups attached to an aromatic ring is 1. The number of benzene rings is 1. The first-order chi connectivity index (χ1) is 12.7. The van der Waals surface area contributed by atoms with Gasteiger partial charge in [-0.2, -0.15) is 0 Å². The van der Waals surface area contributed by atoms with Gasteiger partial charge in [-0.25, -0.2) is 14.8 Å². The lowest BCUT2D eigenvalue weighted by Crippen LogP contribution is -2.28. The molecule has 138 valence electrons. The number of amides is 1. The molecule has 0 aliphatic carbocycles. The first kappa shape index (κ1) is 18.3. The van der Waals surface area contributed by atoms with E-state index in [0.29, 0.717) is 36.9 Å². The lowest BCUT2D eigenvalue weighted by molar-refractivity contribution is 0.144. The van der Waals surface area contributed by atoms with Crippen LogP contribution < -0.4 is 11.1 Å². The molecule has 3 aromatic rings. The molecule has 1 aromatic carbocycles. The Hall–Kier alpha value is -2.54. The van der Waals surface area contributed by atoms with Crippen LogP contribution in [0.5, 0.6) is 0 Å². The number of pyridine rings is 1. The molecule has 0 spiro atoms. The predicted molar refractivity (Wildman–Crippen MR) is 103 cm³/mol. The number of nitrogens with zero attached hydrogens (tertiary/aromatic N) is 3. The van der Waals surface area contributed by atoms with E-state index in [1.54, 1.807) is 0 Å². The number of imidazole rings is 1. The van der Waals surface area contributed by atoms with E-state index in [1.807, 2.05) is 35.8 Å². The highest BCUT2D eigenvalue weighted by molar-refractivity contribution is 6.17. The topological polar surface area (TPSA) is 95.1 Å². The van der Waals surface area contributed by atoms with Crippen molar-refractivity contribution in [2.45, 2.75) is 32.2 Å². The number of hydrogen-bond donors (Lipinski definition) is 2. The van der Waals surface area contributed by atoms with Crippen molar-refractivity contribution in [1.29, 1.82) is 0 Å². The van der Waals surface area contributed by atoms with Crippen molar-refractivity contribution < 1.29 is 9.53 Å². The zero-order chi connectivity index (χ0) is 18.5. The average Bonchev–Trinajstić information content (AvgIpc) is 3.02. The number of alkyl carbamates (subject to hydrolysis) is 1. The van der Waals surface area contributed by atoms with Crippen LogP contribution in [0.2, 0.25) is 0 Å². The molecular weight excluding hydrogens is 354 g/mol. The molecule has 0 aliphatic rings. The van der Waals surface area contributed by atoms with E-state index < -0.39 is 6.09 Å². The molecule has 0 saturated carbocycles. The number of ether oxygens (including phenoxy) is 1. The molecule has 2 heterocycles. The quantitative estimate of drug-likeness (QED) is 0.487. The standard InChI is InChI=1S/C18H22ClN5O2/c1-2-3-10-26-18(25)21-8-9-24-14(11-19)23-15-16(24)12-6-4-5-7-13(12)22-17(15)20/h4-7H,2-3,8-11H2,1H3,(H2,20,22)(H,21,25). The average molecular weight is 376 g/mol. The molecule has 2 aromatic heterocycles. The van der Waals surface area contributed by atoms with Gasteiger partial charge in [0.05, 0.1) is 23.5 Å². The summed E-state index contributed by atoms with van der Waals surface area (Å²) in [6.07, 6.45) is 1.42. The third kappa shape index (κ3) is 3.67. The maximum absolute atomic E-state index is 11.7. The fourth-order valence-corrected chi connectivity index (χ4v) is 3.08. The predicted octanol–water partition coefficient (Wildman–Crippen LogP) is 3.43. The van der Waals surface area contributed by atoms with Crippen molar-refractivity contribution in [2.24, 2.45) is 0 Å². The molecule has 3 rings (SSSR count). The molecule has 3 N–H and O–H groups in total. The van der Waals surface area contributed by atoms with E-state index in [0.717, 1.165) is 29.3 Å². The molecule has 0 unspecified atom stereocenters. The smallest absolute Gasteiger partial charge is 0.407 e. The lowest BCUT2D eigenvalue weighted by Gasteiger charge is -2.11. The van der Waals surface area contributed by atoms with Gasteiger partial charge >= 0.3 is 6.09 Å². The largest absolute Gasteiger partial charge is 0.450 e. The minimum absolute atomic E-state index is 0.239. The van der Waals surface area contributed by atoms with Gasteiger partial charge in [0.15, 0.2) is 5.82 Å². The minimum Gasteiger partial charge on any atom is -0.450 e. The number of unbranched alkanes of at least 4 members (excludes halogenated alkanes) is 1. The molecule has 0 saturated heterocycles. The van der Waals surface area contributed by atoms with E-state index in [2.05, 4.69) is 15.3 Å². The summed E-state index contributed by atoms with van der Waals surface area (Å²) in [4.78, 5) is 20.7. The van der Waals surface area contributed by atoms with Gasteiger partial charge in [-0.1, -0.05) is 31.5 Å². The van der Waals surface area contributed by atoms with Crippen LogP contribution in [-0.4, -0.2) is 33.8 Å². The molecule has 1 amide bonds. The summed E-state index contributed by atoms with van der Waals surface area (Å²) < 4.78 is 7.09. The van der Waals surface area contributed by atoms with E-state index >= 15 is 0 Å². The van der Waals surface area contributed by atoms with Crippen molar-refractivity contribution >= 4 is 45.4 Å². The Morgan fingerprint density at radius 3 is 2.92 bits per heavy atom. The van der Waals surface area contributed by atoms with E-state index in [9.17, 15) is 4.79 Å². The summed E-state index contributed by atoms with van der Waals surface area (Å²) in [6.45, 7) is 3.38. The fourth-order valence-electron chi connectivity index (χ4n) is 2.88. The zero-order valence-electron chi connectivity index (χ0n) is 14.7. The van der Waals surface area contributed by atoms with E-state index in [4.69, 9.17) is 22.1 Å². The third-order valence-corrected chi connectivity index (χ3v) is 4.38. The Morgan fingerprint density at radius 2 is 2.15 bits per heavy atom. The number of hydrogen-bond acceptors (Lipinski definition) is 5. The second-order valence-electron chi connectivity index (χ2n) is 5.94. The van der Waals surface area contributed by atoms with Crippen molar-refractivity contribution in [2.75, 3.05) is 18.9 Å². The Kier molecular flexibility index (Phi) is 5.78. The first-order valence-electron chi connectivity index (χ1n) is 8.65. The van der Waals surface area contributed by atoms with Crippen LogP contribution >= 0.6 is 11.6 Å². The van der Waals surface area contributed by atoms with Crippen molar-refractivity contribution in [1.82, 2.24) is 19.9 Å². The summed E-state index contributed by atoms with van der Waals surface area (Å²) in [6, 6.07) is 7.75.